The Morgan fingerprint density at radius 3 is 2.81 bits per heavy atom. The van der Waals surface area contributed by atoms with Gasteiger partial charge in [-0.2, -0.15) is 0 Å². The second-order valence-electron chi connectivity index (χ2n) is 7.47. The topological polar surface area (TPSA) is 98.6 Å². The molecule has 0 radical (unpaired) electrons. The molecule has 0 unspecified atom stereocenters. The monoisotopic (exact) mass is 457 g/mol. The largest absolute Gasteiger partial charge is 0.478 e. The van der Waals surface area contributed by atoms with Gasteiger partial charge in [-0.15, -0.1) is 0 Å². The summed E-state index contributed by atoms with van der Waals surface area (Å²) in [7, 11) is 3.19. The lowest BCUT2D eigenvalue weighted by Crippen LogP contribution is -2.37. The number of hydrogen-bond donors (Lipinski definition) is 1. The Balaban J connectivity index is 1.63. The van der Waals surface area contributed by atoms with Crippen molar-refractivity contribution in [3.8, 4) is 5.75 Å². The van der Waals surface area contributed by atoms with Gasteiger partial charge in [0.15, 0.2) is 12.4 Å². The molecule has 168 valence electrons. The highest BCUT2D eigenvalue weighted by molar-refractivity contribution is 6.31. The van der Waals surface area contributed by atoms with Gasteiger partial charge in [0.1, 0.15) is 0 Å². The highest BCUT2D eigenvalue weighted by Crippen LogP contribution is 2.23. The maximum Gasteiger partial charge on any atom is 0.293 e. The number of ether oxygens (including phenoxy) is 2. The molecular formula is C22H24ClN5O4. The number of benzene rings is 1. The number of morpholine rings is 1. The third kappa shape index (κ3) is 4.68. The zero-order valence-corrected chi connectivity index (χ0v) is 18.7. The van der Waals surface area contributed by atoms with Crippen molar-refractivity contribution in [3.63, 3.8) is 0 Å². The Bertz CT molecular complexity index is 1210. The number of rotatable bonds is 6. The molecule has 3 aromatic rings. The van der Waals surface area contributed by atoms with Gasteiger partial charge in [-0.1, -0.05) is 17.7 Å². The van der Waals surface area contributed by atoms with E-state index in [1.165, 1.54) is 11.6 Å². The van der Waals surface area contributed by atoms with E-state index in [4.69, 9.17) is 21.1 Å². The van der Waals surface area contributed by atoms with E-state index in [9.17, 15) is 9.59 Å². The van der Waals surface area contributed by atoms with Crippen LogP contribution in [0.3, 0.4) is 0 Å². The normalized spacial score (nSPS) is 13.9. The molecule has 0 atom stereocenters. The SMILES string of the molecule is CNC(=O)COc1cc2cc(Cc3nc(N4CCOCC4)ncc3Cl)ccc2n(C)c1=O. The van der Waals surface area contributed by atoms with Crippen molar-refractivity contribution in [2.24, 2.45) is 7.05 Å². The Labute approximate surface area is 189 Å². The molecule has 2 aromatic heterocycles. The Morgan fingerprint density at radius 2 is 2.06 bits per heavy atom. The third-order valence-corrected chi connectivity index (χ3v) is 5.68. The summed E-state index contributed by atoms with van der Waals surface area (Å²) in [6.07, 6.45) is 2.13. The smallest absolute Gasteiger partial charge is 0.293 e. The lowest BCUT2D eigenvalue weighted by molar-refractivity contribution is -0.122. The summed E-state index contributed by atoms with van der Waals surface area (Å²) in [5, 5.41) is 3.78. The lowest BCUT2D eigenvalue weighted by atomic mass is 10.1. The minimum atomic E-state index is -0.310. The minimum Gasteiger partial charge on any atom is -0.478 e. The summed E-state index contributed by atoms with van der Waals surface area (Å²) in [4.78, 5) is 35.2. The van der Waals surface area contributed by atoms with Crippen LogP contribution in [0.2, 0.25) is 5.02 Å². The van der Waals surface area contributed by atoms with Crippen LogP contribution in [0.15, 0.2) is 35.3 Å². The highest BCUT2D eigenvalue weighted by atomic mass is 35.5. The zero-order chi connectivity index (χ0) is 22.7. The fourth-order valence-electron chi connectivity index (χ4n) is 3.56. The Morgan fingerprint density at radius 1 is 1.28 bits per heavy atom. The van der Waals surface area contributed by atoms with E-state index in [2.05, 4.69) is 20.2 Å². The van der Waals surface area contributed by atoms with Crippen molar-refractivity contribution < 1.29 is 14.3 Å². The lowest BCUT2D eigenvalue weighted by Gasteiger charge is -2.27. The van der Waals surface area contributed by atoms with Crippen LogP contribution in [0.5, 0.6) is 5.75 Å². The van der Waals surface area contributed by atoms with Crippen molar-refractivity contribution in [1.82, 2.24) is 19.9 Å². The van der Waals surface area contributed by atoms with Crippen LogP contribution in [0.1, 0.15) is 11.3 Å². The molecule has 9 nitrogen and oxygen atoms in total. The molecule has 1 N–H and O–H groups in total. The van der Waals surface area contributed by atoms with E-state index in [0.717, 1.165) is 35.2 Å². The van der Waals surface area contributed by atoms with E-state index < -0.39 is 0 Å². The number of amides is 1. The summed E-state index contributed by atoms with van der Waals surface area (Å²) < 4.78 is 12.3. The molecule has 32 heavy (non-hydrogen) atoms. The summed E-state index contributed by atoms with van der Waals surface area (Å²) in [6, 6.07) is 7.45. The number of carbonyl (C=O) groups is 1. The van der Waals surface area contributed by atoms with E-state index in [1.54, 1.807) is 19.3 Å². The number of anilines is 1. The molecule has 4 rings (SSSR count). The first-order valence-electron chi connectivity index (χ1n) is 10.3. The molecule has 1 amide bonds. The molecule has 0 bridgehead atoms. The summed E-state index contributed by atoms with van der Waals surface area (Å²) in [5.41, 5.74) is 2.15. The number of nitrogens with zero attached hydrogens (tertiary/aromatic N) is 4. The predicted octanol–water partition coefficient (Wildman–Crippen LogP) is 1.53. The zero-order valence-electron chi connectivity index (χ0n) is 17.9. The number of likely N-dealkylation sites (N-methyl/N-ethyl adjacent to an activating group) is 1. The van der Waals surface area contributed by atoms with E-state index >= 15 is 0 Å². The molecule has 3 heterocycles. The second-order valence-corrected chi connectivity index (χ2v) is 7.88. The van der Waals surface area contributed by atoms with Gasteiger partial charge in [-0.05, 0) is 23.8 Å². The number of hydrogen-bond acceptors (Lipinski definition) is 7. The van der Waals surface area contributed by atoms with Gasteiger partial charge in [-0.3, -0.25) is 9.59 Å². The average molecular weight is 458 g/mol. The van der Waals surface area contributed by atoms with Gasteiger partial charge in [0.2, 0.25) is 5.95 Å². The number of nitrogens with one attached hydrogen (secondary N) is 1. The van der Waals surface area contributed by atoms with Gasteiger partial charge in [0.05, 0.1) is 35.6 Å². The minimum absolute atomic E-state index is 0.121. The summed E-state index contributed by atoms with van der Waals surface area (Å²) in [5.74, 6) is 0.451. The number of carbonyl (C=O) groups excluding carboxylic acids is 1. The standard InChI is InChI=1S/C22H24ClN5O4/c1-24-20(29)13-32-19-11-15-9-14(3-4-18(15)27(2)21(19)30)10-17-16(23)12-25-22(26-17)28-5-7-31-8-6-28/h3-4,9,11-12H,5-8,10,13H2,1-2H3,(H,24,29). The van der Waals surface area contributed by atoms with Gasteiger partial charge >= 0.3 is 0 Å². The van der Waals surface area contributed by atoms with Crippen molar-refractivity contribution in [1.29, 1.82) is 0 Å². The van der Waals surface area contributed by atoms with Crippen molar-refractivity contribution in [3.05, 3.63) is 57.1 Å². The Hall–Kier alpha value is -3.17. The van der Waals surface area contributed by atoms with Crippen LogP contribution < -0.4 is 20.5 Å². The molecule has 1 aliphatic rings. The fourth-order valence-corrected chi connectivity index (χ4v) is 3.71. The van der Waals surface area contributed by atoms with Crippen LogP contribution in [0.25, 0.3) is 10.9 Å². The van der Waals surface area contributed by atoms with Gasteiger partial charge in [-0.25, -0.2) is 9.97 Å². The van der Waals surface area contributed by atoms with Crippen molar-refractivity contribution in [2.75, 3.05) is 44.9 Å². The average Bonchev–Trinajstić information content (AvgIpc) is 2.82. The van der Waals surface area contributed by atoms with E-state index in [1.807, 2.05) is 18.2 Å². The van der Waals surface area contributed by atoms with E-state index in [0.29, 0.717) is 30.6 Å². The highest BCUT2D eigenvalue weighted by Gasteiger charge is 2.16. The quantitative estimate of drug-likeness (QED) is 0.599. The van der Waals surface area contributed by atoms with Crippen LogP contribution in [-0.4, -0.2) is 60.4 Å². The molecule has 1 fully saturated rings. The second kappa shape index (κ2) is 9.54. The Kier molecular flexibility index (Phi) is 6.57. The molecule has 1 aromatic carbocycles. The van der Waals surface area contributed by atoms with Crippen LogP contribution >= 0.6 is 11.6 Å². The number of pyridine rings is 1. The maximum absolute atomic E-state index is 12.6. The molecule has 10 heteroatoms. The van der Waals surface area contributed by atoms with Crippen LogP contribution in [-0.2, 0) is 23.0 Å². The molecular weight excluding hydrogens is 434 g/mol. The summed E-state index contributed by atoms with van der Waals surface area (Å²) >= 11 is 6.39. The summed E-state index contributed by atoms with van der Waals surface area (Å²) in [6.45, 7) is 2.55. The first kappa shape index (κ1) is 22.0. The number of aromatic nitrogens is 3. The molecule has 0 aliphatic carbocycles. The number of fused-ring (bicyclic) bond motifs is 1. The molecule has 0 saturated carbocycles. The first-order valence-corrected chi connectivity index (χ1v) is 10.6. The van der Waals surface area contributed by atoms with E-state index in [-0.39, 0.29) is 23.8 Å². The fraction of sp³-hybridized carbons (Fsp3) is 0.364. The van der Waals surface area contributed by atoms with Crippen LogP contribution in [0.4, 0.5) is 5.95 Å². The predicted molar refractivity (Wildman–Crippen MR) is 122 cm³/mol. The number of aryl methyl sites for hydroxylation is 1. The van der Waals surface area contributed by atoms with Crippen molar-refractivity contribution in [2.45, 2.75) is 6.42 Å². The van der Waals surface area contributed by atoms with Gasteiger partial charge < -0.3 is 24.3 Å². The third-order valence-electron chi connectivity index (χ3n) is 5.36. The van der Waals surface area contributed by atoms with Gasteiger partial charge in [0, 0.05) is 39.0 Å². The van der Waals surface area contributed by atoms with Crippen LogP contribution in [0, 0.1) is 0 Å². The molecule has 1 saturated heterocycles. The first-order chi connectivity index (χ1) is 15.5. The molecule has 1 aliphatic heterocycles. The molecule has 0 spiro atoms. The van der Waals surface area contributed by atoms with Crippen molar-refractivity contribution >= 4 is 34.4 Å². The van der Waals surface area contributed by atoms with Gasteiger partial charge in [0.25, 0.3) is 11.5 Å². The number of halogens is 1. The maximum atomic E-state index is 12.6.